The number of carbonyl (C=O) groups excluding carboxylic acids is 2. The average Bonchev–Trinajstić information content (AvgIpc) is 2.17. The van der Waals surface area contributed by atoms with Crippen molar-refractivity contribution in [2.75, 3.05) is 19.8 Å². The fraction of sp³-hybridized carbons (Fsp3) is 0.778. The van der Waals surface area contributed by atoms with Crippen LogP contribution in [0.5, 0.6) is 0 Å². The molecule has 1 heterocycles. The molecule has 0 unspecified atom stereocenters. The van der Waals surface area contributed by atoms with E-state index in [2.05, 4.69) is 0 Å². The lowest BCUT2D eigenvalue weighted by atomic mass is 9.93. The van der Waals surface area contributed by atoms with Gasteiger partial charge in [0.25, 0.3) is 5.91 Å². The highest BCUT2D eigenvalue weighted by molar-refractivity contribution is 5.80. The number of hydrogen-bond acceptors (Lipinski definition) is 2. The van der Waals surface area contributed by atoms with Crippen LogP contribution in [0.15, 0.2) is 0 Å². The van der Waals surface area contributed by atoms with Gasteiger partial charge in [-0.1, -0.05) is 0 Å². The third kappa shape index (κ3) is 2.50. The second kappa shape index (κ2) is 4.35. The molecule has 1 aliphatic rings. The number of piperidine rings is 1. The van der Waals surface area contributed by atoms with Gasteiger partial charge in [0.05, 0.1) is 0 Å². The van der Waals surface area contributed by atoms with E-state index in [1.54, 1.807) is 6.92 Å². The molecule has 3 nitrogen and oxygen atoms in total. The summed E-state index contributed by atoms with van der Waals surface area (Å²) in [5.41, 5.74) is 0. The molecule has 1 amide bonds. The van der Waals surface area contributed by atoms with E-state index in [0.717, 1.165) is 0 Å². The van der Waals surface area contributed by atoms with Crippen molar-refractivity contribution >= 4 is 11.7 Å². The minimum Gasteiger partial charge on any atom is -0.340 e. The maximum atomic E-state index is 12.0. The lowest BCUT2D eigenvalue weighted by molar-refractivity contribution is -0.135. The van der Waals surface area contributed by atoms with Crippen molar-refractivity contribution in [3.8, 4) is 0 Å². The van der Waals surface area contributed by atoms with Crippen LogP contribution in [0, 0.1) is 5.92 Å². The van der Waals surface area contributed by atoms with Crippen LogP contribution in [-0.4, -0.2) is 36.4 Å². The minimum atomic E-state index is -0.926. The maximum Gasteiger partial charge on any atom is 0.253 e. The summed E-state index contributed by atoms with van der Waals surface area (Å²) in [5.74, 6) is -0.210. The molecule has 13 heavy (non-hydrogen) atoms. The summed E-state index contributed by atoms with van der Waals surface area (Å²) < 4.78 is 12.0. The summed E-state index contributed by atoms with van der Waals surface area (Å²) in [6, 6.07) is 0. The topological polar surface area (TPSA) is 37.4 Å². The van der Waals surface area contributed by atoms with Crippen molar-refractivity contribution < 1.29 is 14.0 Å². The Morgan fingerprint density at radius 3 is 2.31 bits per heavy atom. The number of hydrogen-bond donors (Lipinski definition) is 0. The van der Waals surface area contributed by atoms with Gasteiger partial charge in [0, 0.05) is 19.0 Å². The van der Waals surface area contributed by atoms with Crippen molar-refractivity contribution in [1.82, 2.24) is 4.90 Å². The third-order valence-electron chi connectivity index (χ3n) is 2.54. The zero-order valence-electron chi connectivity index (χ0n) is 7.75. The molecular weight excluding hydrogens is 173 g/mol. The molecule has 0 aromatic rings. The van der Waals surface area contributed by atoms with Gasteiger partial charge < -0.3 is 4.90 Å². The molecule has 0 N–H and O–H groups in total. The van der Waals surface area contributed by atoms with Crippen LogP contribution >= 0.6 is 0 Å². The molecule has 0 radical (unpaired) electrons. The summed E-state index contributed by atoms with van der Waals surface area (Å²) in [6.07, 6.45) is 1.36. The van der Waals surface area contributed by atoms with Crippen LogP contribution < -0.4 is 0 Å². The molecule has 1 aliphatic heterocycles. The smallest absolute Gasteiger partial charge is 0.253 e. The van der Waals surface area contributed by atoms with Crippen molar-refractivity contribution in [3.05, 3.63) is 0 Å². The average molecular weight is 187 g/mol. The minimum absolute atomic E-state index is 0.0728. The SMILES string of the molecule is CC(=O)C1CCN(C(=O)CF)CC1. The maximum absolute atomic E-state index is 12.0. The Hall–Kier alpha value is -0.930. The normalized spacial score (nSPS) is 18.8. The fourth-order valence-electron chi connectivity index (χ4n) is 1.62. The Morgan fingerprint density at radius 2 is 1.92 bits per heavy atom. The van der Waals surface area contributed by atoms with Gasteiger partial charge in [-0.3, -0.25) is 9.59 Å². The number of amides is 1. The van der Waals surface area contributed by atoms with Gasteiger partial charge in [0.1, 0.15) is 5.78 Å². The highest BCUT2D eigenvalue weighted by atomic mass is 19.1. The summed E-state index contributed by atoms with van der Waals surface area (Å²) in [7, 11) is 0. The Balaban J connectivity index is 2.39. The summed E-state index contributed by atoms with van der Waals surface area (Å²) in [4.78, 5) is 23.4. The second-order valence-corrected chi connectivity index (χ2v) is 3.40. The van der Waals surface area contributed by atoms with Gasteiger partial charge >= 0.3 is 0 Å². The van der Waals surface area contributed by atoms with E-state index >= 15 is 0 Å². The summed E-state index contributed by atoms with van der Waals surface area (Å²) in [5, 5.41) is 0. The van der Waals surface area contributed by atoms with Crippen LogP contribution in [0.2, 0.25) is 0 Å². The van der Waals surface area contributed by atoms with Gasteiger partial charge in [-0.2, -0.15) is 0 Å². The Morgan fingerprint density at radius 1 is 1.38 bits per heavy atom. The van der Waals surface area contributed by atoms with Gasteiger partial charge in [-0.15, -0.1) is 0 Å². The Kier molecular flexibility index (Phi) is 3.39. The highest BCUT2D eigenvalue weighted by Gasteiger charge is 2.24. The molecule has 74 valence electrons. The van der Waals surface area contributed by atoms with Crippen LogP contribution in [0.3, 0.4) is 0 Å². The van der Waals surface area contributed by atoms with Crippen LogP contribution in [-0.2, 0) is 9.59 Å². The van der Waals surface area contributed by atoms with E-state index in [1.807, 2.05) is 0 Å². The number of halogens is 1. The number of nitrogens with zero attached hydrogens (tertiary/aromatic N) is 1. The van der Waals surface area contributed by atoms with Crippen molar-refractivity contribution in [2.45, 2.75) is 19.8 Å². The molecule has 1 rings (SSSR count). The van der Waals surface area contributed by atoms with E-state index in [9.17, 15) is 14.0 Å². The largest absolute Gasteiger partial charge is 0.340 e. The van der Waals surface area contributed by atoms with Crippen molar-refractivity contribution in [2.24, 2.45) is 5.92 Å². The first-order chi connectivity index (χ1) is 6.15. The zero-order chi connectivity index (χ0) is 9.84. The number of Topliss-reactive ketones (excluding diaryl/α,β-unsaturated/α-hetero) is 1. The standard InChI is InChI=1S/C9H14FNO2/c1-7(12)8-2-4-11(5-3-8)9(13)6-10/h8H,2-6H2,1H3. The molecule has 0 aliphatic carbocycles. The molecule has 0 bridgehead atoms. The molecule has 0 atom stereocenters. The van der Waals surface area contributed by atoms with Crippen LogP contribution in [0.25, 0.3) is 0 Å². The third-order valence-corrected chi connectivity index (χ3v) is 2.54. The second-order valence-electron chi connectivity index (χ2n) is 3.40. The van der Waals surface area contributed by atoms with E-state index in [0.29, 0.717) is 25.9 Å². The first-order valence-corrected chi connectivity index (χ1v) is 4.49. The highest BCUT2D eigenvalue weighted by Crippen LogP contribution is 2.17. The molecule has 1 saturated heterocycles. The molecule has 0 saturated carbocycles. The van der Waals surface area contributed by atoms with E-state index in [-0.39, 0.29) is 11.7 Å². The van der Waals surface area contributed by atoms with E-state index in [4.69, 9.17) is 0 Å². The fourth-order valence-corrected chi connectivity index (χ4v) is 1.62. The molecule has 4 heteroatoms. The predicted octanol–water partition coefficient (Wildman–Crippen LogP) is 0.784. The first-order valence-electron chi connectivity index (χ1n) is 4.49. The quantitative estimate of drug-likeness (QED) is 0.640. The number of alkyl halides is 1. The predicted molar refractivity (Wildman–Crippen MR) is 46.0 cm³/mol. The molecule has 0 aromatic carbocycles. The zero-order valence-corrected chi connectivity index (χ0v) is 7.75. The first kappa shape index (κ1) is 10.2. The Bertz CT molecular complexity index is 210. The van der Waals surface area contributed by atoms with E-state index < -0.39 is 12.6 Å². The molecule has 0 aromatic heterocycles. The van der Waals surface area contributed by atoms with Gasteiger partial charge in [-0.25, -0.2) is 4.39 Å². The Labute approximate surface area is 76.9 Å². The number of carbonyl (C=O) groups is 2. The van der Waals surface area contributed by atoms with E-state index in [1.165, 1.54) is 4.90 Å². The molecule has 0 spiro atoms. The lowest BCUT2D eigenvalue weighted by Gasteiger charge is -2.30. The van der Waals surface area contributed by atoms with Gasteiger partial charge in [0.2, 0.25) is 0 Å². The van der Waals surface area contributed by atoms with Crippen LogP contribution in [0.4, 0.5) is 4.39 Å². The summed E-state index contributed by atoms with van der Waals surface area (Å²) in [6.45, 7) is 1.68. The monoisotopic (exact) mass is 187 g/mol. The molecular formula is C9H14FNO2. The van der Waals surface area contributed by atoms with Gasteiger partial charge in [-0.05, 0) is 19.8 Å². The summed E-state index contributed by atoms with van der Waals surface area (Å²) >= 11 is 0. The van der Waals surface area contributed by atoms with Crippen molar-refractivity contribution in [3.63, 3.8) is 0 Å². The number of ketones is 1. The number of rotatable bonds is 2. The van der Waals surface area contributed by atoms with Crippen molar-refractivity contribution in [1.29, 1.82) is 0 Å². The molecule has 1 fully saturated rings. The number of likely N-dealkylation sites (tertiary alicyclic amines) is 1. The van der Waals surface area contributed by atoms with Gasteiger partial charge in [0.15, 0.2) is 6.67 Å². The van der Waals surface area contributed by atoms with Crippen LogP contribution in [0.1, 0.15) is 19.8 Å². The lowest BCUT2D eigenvalue weighted by Crippen LogP contribution is -2.40.